The van der Waals surface area contributed by atoms with E-state index in [2.05, 4.69) is 61.8 Å². The fraction of sp³-hybridized carbons (Fsp3) is 0.684. The molecule has 1 fully saturated rings. The summed E-state index contributed by atoms with van der Waals surface area (Å²) in [4.78, 5) is 5.18. The average molecular weight is 288 g/mol. The van der Waals surface area contributed by atoms with E-state index in [0.29, 0.717) is 5.41 Å². The Hall–Kier alpha value is -1.02. The number of unbranched alkanes of at least 4 members (excludes halogenated alkanes) is 1. The molecule has 1 saturated heterocycles. The SMILES string of the molecule is Cc1ccccc1N1CCN(CCCCC(C)(C)C)CC1. The number of para-hydroxylation sites is 1. The van der Waals surface area contributed by atoms with Gasteiger partial charge in [0.05, 0.1) is 0 Å². The first-order valence-corrected chi connectivity index (χ1v) is 8.49. The lowest BCUT2D eigenvalue weighted by atomic mass is 9.90. The molecule has 118 valence electrons. The summed E-state index contributed by atoms with van der Waals surface area (Å²) in [6.45, 7) is 15.3. The minimum Gasteiger partial charge on any atom is -0.369 e. The fourth-order valence-electron chi connectivity index (χ4n) is 3.12. The molecule has 21 heavy (non-hydrogen) atoms. The Morgan fingerprint density at radius 2 is 1.62 bits per heavy atom. The number of benzene rings is 1. The highest BCUT2D eigenvalue weighted by atomic mass is 15.3. The van der Waals surface area contributed by atoms with E-state index in [1.807, 2.05) is 0 Å². The van der Waals surface area contributed by atoms with Crippen LogP contribution in [0.1, 0.15) is 45.6 Å². The highest BCUT2D eigenvalue weighted by Crippen LogP contribution is 2.23. The number of hydrogen-bond acceptors (Lipinski definition) is 2. The molecule has 0 atom stereocenters. The lowest BCUT2D eigenvalue weighted by molar-refractivity contribution is 0.245. The minimum atomic E-state index is 0.490. The highest BCUT2D eigenvalue weighted by Gasteiger charge is 2.18. The van der Waals surface area contributed by atoms with Gasteiger partial charge < -0.3 is 4.90 Å². The number of rotatable bonds is 5. The third-order valence-corrected chi connectivity index (χ3v) is 4.48. The maximum absolute atomic E-state index is 2.64. The van der Waals surface area contributed by atoms with Crippen LogP contribution >= 0.6 is 0 Å². The average Bonchev–Trinajstić information content (AvgIpc) is 2.44. The molecular formula is C19H32N2. The highest BCUT2D eigenvalue weighted by molar-refractivity contribution is 5.53. The molecule has 1 aromatic rings. The third-order valence-electron chi connectivity index (χ3n) is 4.48. The van der Waals surface area contributed by atoms with Crippen molar-refractivity contribution >= 4 is 5.69 Å². The van der Waals surface area contributed by atoms with Gasteiger partial charge in [-0.3, -0.25) is 4.90 Å². The van der Waals surface area contributed by atoms with Crippen LogP contribution in [-0.2, 0) is 0 Å². The topological polar surface area (TPSA) is 6.48 Å². The van der Waals surface area contributed by atoms with Crippen LogP contribution in [0.15, 0.2) is 24.3 Å². The zero-order valence-electron chi connectivity index (χ0n) is 14.4. The normalized spacial score (nSPS) is 17.2. The van der Waals surface area contributed by atoms with E-state index in [1.54, 1.807) is 0 Å². The van der Waals surface area contributed by atoms with Gasteiger partial charge >= 0.3 is 0 Å². The molecule has 0 amide bonds. The molecule has 0 unspecified atom stereocenters. The Morgan fingerprint density at radius 3 is 2.24 bits per heavy atom. The smallest absolute Gasteiger partial charge is 0.0396 e. The largest absolute Gasteiger partial charge is 0.369 e. The van der Waals surface area contributed by atoms with Crippen molar-refractivity contribution < 1.29 is 0 Å². The van der Waals surface area contributed by atoms with E-state index in [9.17, 15) is 0 Å². The number of piperazine rings is 1. The molecule has 2 nitrogen and oxygen atoms in total. The van der Waals surface area contributed by atoms with Crippen molar-refractivity contribution in [2.45, 2.75) is 47.0 Å². The quantitative estimate of drug-likeness (QED) is 0.744. The lowest BCUT2D eigenvalue weighted by Crippen LogP contribution is -2.46. The molecule has 0 bridgehead atoms. The van der Waals surface area contributed by atoms with Gasteiger partial charge in [0.15, 0.2) is 0 Å². The lowest BCUT2D eigenvalue weighted by Gasteiger charge is -2.37. The second kappa shape index (κ2) is 7.31. The number of anilines is 1. The summed E-state index contributed by atoms with van der Waals surface area (Å²) in [5.41, 5.74) is 3.31. The van der Waals surface area contributed by atoms with Gasteiger partial charge in [0.1, 0.15) is 0 Å². The van der Waals surface area contributed by atoms with Gasteiger partial charge in [0.25, 0.3) is 0 Å². The van der Waals surface area contributed by atoms with Crippen LogP contribution in [0.3, 0.4) is 0 Å². The van der Waals surface area contributed by atoms with Crippen molar-refractivity contribution in [3.05, 3.63) is 29.8 Å². The Bertz CT molecular complexity index is 425. The Balaban J connectivity index is 1.70. The Labute approximate surface area is 131 Å². The summed E-state index contributed by atoms with van der Waals surface area (Å²) >= 11 is 0. The standard InChI is InChI=1S/C19H32N2/c1-17-9-5-6-10-18(17)21-15-13-20(14-16-21)12-8-7-11-19(2,3)4/h5-6,9-10H,7-8,11-16H2,1-4H3. The predicted molar refractivity (Wildman–Crippen MR) is 93.1 cm³/mol. The Morgan fingerprint density at radius 1 is 0.952 bits per heavy atom. The molecule has 0 radical (unpaired) electrons. The van der Waals surface area contributed by atoms with E-state index in [-0.39, 0.29) is 0 Å². The molecule has 0 spiro atoms. The monoisotopic (exact) mass is 288 g/mol. The van der Waals surface area contributed by atoms with Crippen molar-refractivity contribution in [2.24, 2.45) is 5.41 Å². The van der Waals surface area contributed by atoms with Gasteiger partial charge in [-0.05, 0) is 43.4 Å². The first kappa shape index (κ1) is 16.4. The van der Waals surface area contributed by atoms with Gasteiger partial charge in [-0.2, -0.15) is 0 Å². The molecule has 2 rings (SSSR count). The van der Waals surface area contributed by atoms with Gasteiger partial charge in [0.2, 0.25) is 0 Å². The molecule has 1 heterocycles. The van der Waals surface area contributed by atoms with Crippen LogP contribution in [0.5, 0.6) is 0 Å². The van der Waals surface area contributed by atoms with Crippen molar-refractivity contribution in [1.82, 2.24) is 4.90 Å². The zero-order valence-corrected chi connectivity index (χ0v) is 14.4. The number of aryl methyl sites for hydroxylation is 1. The zero-order chi connectivity index (χ0) is 15.3. The minimum absolute atomic E-state index is 0.490. The van der Waals surface area contributed by atoms with Crippen LogP contribution in [0.2, 0.25) is 0 Å². The molecule has 1 aliphatic heterocycles. The summed E-state index contributed by atoms with van der Waals surface area (Å²) in [6, 6.07) is 8.76. The van der Waals surface area contributed by atoms with Crippen molar-refractivity contribution in [3.63, 3.8) is 0 Å². The number of hydrogen-bond donors (Lipinski definition) is 0. The molecule has 1 aliphatic rings. The maximum atomic E-state index is 2.64. The van der Waals surface area contributed by atoms with Crippen LogP contribution < -0.4 is 4.90 Å². The van der Waals surface area contributed by atoms with Crippen LogP contribution in [0.25, 0.3) is 0 Å². The molecular weight excluding hydrogens is 256 g/mol. The summed E-state index contributed by atoms with van der Waals surface area (Å²) in [5, 5.41) is 0. The van der Waals surface area contributed by atoms with E-state index in [4.69, 9.17) is 0 Å². The predicted octanol–water partition coefficient (Wildman–Crippen LogP) is 4.33. The van der Waals surface area contributed by atoms with Gasteiger partial charge in [-0.1, -0.05) is 45.4 Å². The molecule has 0 saturated carbocycles. The Kier molecular flexibility index (Phi) is 5.69. The van der Waals surface area contributed by atoms with E-state index in [1.165, 1.54) is 63.2 Å². The summed E-state index contributed by atoms with van der Waals surface area (Å²) < 4.78 is 0. The van der Waals surface area contributed by atoms with Gasteiger partial charge in [0, 0.05) is 31.9 Å². The second-order valence-electron chi connectivity index (χ2n) is 7.63. The van der Waals surface area contributed by atoms with E-state index in [0.717, 1.165) is 0 Å². The molecule has 0 N–H and O–H groups in total. The second-order valence-corrected chi connectivity index (χ2v) is 7.63. The number of nitrogens with zero attached hydrogens (tertiary/aromatic N) is 2. The van der Waals surface area contributed by atoms with Crippen LogP contribution in [0, 0.1) is 12.3 Å². The van der Waals surface area contributed by atoms with Gasteiger partial charge in [-0.15, -0.1) is 0 Å². The van der Waals surface area contributed by atoms with Crippen molar-refractivity contribution in [3.8, 4) is 0 Å². The molecule has 0 aromatic heterocycles. The van der Waals surface area contributed by atoms with Crippen LogP contribution in [-0.4, -0.2) is 37.6 Å². The van der Waals surface area contributed by atoms with Crippen molar-refractivity contribution in [2.75, 3.05) is 37.6 Å². The fourth-order valence-corrected chi connectivity index (χ4v) is 3.12. The van der Waals surface area contributed by atoms with Crippen molar-refractivity contribution in [1.29, 1.82) is 0 Å². The first-order valence-electron chi connectivity index (χ1n) is 8.49. The third kappa shape index (κ3) is 5.35. The van der Waals surface area contributed by atoms with Crippen LogP contribution in [0.4, 0.5) is 5.69 Å². The summed E-state index contributed by atoms with van der Waals surface area (Å²) in [5.74, 6) is 0. The molecule has 2 heteroatoms. The van der Waals surface area contributed by atoms with Gasteiger partial charge in [-0.25, -0.2) is 0 Å². The molecule has 1 aromatic carbocycles. The summed E-state index contributed by atoms with van der Waals surface area (Å²) in [7, 11) is 0. The molecule has 0 aliphatic carbocycles. The van der Waals surface area contributed by atoms with E-state index < -0.39 is 0 Å². The summed E-state index contributed by atoms with van der Waals surface area (Å²) in [6.07, 6.45) is 4.05. The maximum Gasteiger partial charge on any atom is 0.0396 e. The first-order chi connectivity index (χ1) is 9.96. The van der Waals surface area contributed by atoms with E-state index >= 15 is 0 Å².